The van der Waals surface area contributed by atoms with Gasteiger partial charge in [0.1, 0.15) is 27.5 Å². The molecule has 3 aromatic heterocycles. The summed E-state index contributed by atoms with van der Waals surface area (Å²) in [5, 5.41) is 4.85. The highest BCUT2D eigenvalue weighted by atomic mass is 32.1. The minimum absolute atomic E-state index is 0.0589. The lowest BCUT2D eigenvalue weighted by atomic mass is 10.1. The molecule has 0 radical (unpaired) electrons. The van der Waals surface area contributed by atoms with E-state index >= 15 is 4.39 Å². The first-order valence-electron chi connectivity index (χ1n) is 14.2. The van der Waals surface area contributed by atoms with E-state index in [0.717, 1.165) is 31.8 Å². The number of piperazine rings is 1. The number of benzene rings is 1. The second-order valence-electron chi connectivity index (χ2n) is 10.8. The summed E-state index contributed by atoms with van der Waals surface area (Å²) in [7, 11) is 3.60. The molecule has 11 heteroatoms. The third-order valence-electron chi connectivity index (χ3n) is 7.66. The Balaban J connectivity index is 0.000000371. The van der Waals surface area contributed by atoms with Gasteiger partial charge >= 0.3 is 6.01 Å². The van der Waals surface area contributed by atoms with Crippen molar-refractivity contribution in [1.29, 1.82) is 0 Å². The van der Waals surface area contributed by atoms with E-state index in [-0.39, 0.29) is 28.3 Å². The molecular weight excluding hydrogens is 544 g/mol. The lowest BCUT2D eigenvalue weighted by Crippen LogP contribution is -2.51. The van der Waals surface area contributed by atoms with E-state index in [0.29, 0.717) is 33.3 Å². The smallest absolute Gasteiger partial charge is 0.318 e. The summed E-state index contributed by atoms with van der Waals surface area (Å²) < 4.78 is 36.4. The molecule has 6 heterocycles. The molecule has 0 spiro atoms. The van der Waals surface area contributed by atoms with E-state index in [1.165, 1.54) is 26.3 Å². The number of anilines is 1. The maximum atomic E-state index is 16.0. The van der Waals surface area contributed by atoms with Crippen molar-refractivity contribution >= 4 is 39.7 Å². The van der Waals surface area contributed by atoms with Gasteiger partial charge in [-0.2, -0.15) is 9.97 Å². The molecule has 0 aliphatic carbocycles. The monoisotopic (exact) mass is 581 g/mol. The number of likely N-dealkylation sites (tertiary alicyclic amines) is 1. The predicted molar refractivity (Wildman–Crippen MR) is 162 cm³/mol. The highest BCUT2D eigenvalue weighted by Gasteiger charge is 2.34. The molecule has 2 atom stereocenters. The van der Waals surface area contributed by atoms with Gasteiger partial charge in [-0.15, -0.1) is 0 Å². The molecule has 3 fully saturated rings. The van der Waals surface area contributed by atoms with Crippen molar-refractivity contribution < 1.29 is 13.5 Å². The number of methoxy groups -OCH3 is 1. The standard InChI is InChI=1S/C23H20F2N6OS.C5H11N.C2H6/c1-32-23-29-19-14(22(30-23)31-9-12-5-6-13(10-31)27-12)8-26-21(18(19)25)20-17-11(7-16(33)28-20)3-2-4-15(17)24;1-5-3-6(2)4-5;1-2/h2-4,7-8,12-13,27H,5-6,9-10H2,1H3,(H,28,33);5H,3-4H2,1-2H3;1-2H3. The van der Waals surface area contributed by atoms with Crippen LogP contribution in [0, 0.1) is 22.2 Å². The van der Waals surface area contributed by atoms with Gasteiger partial charge in [-0.1, -0.05) is 45.1 Å². The van der Waals surface area contributed by atoms with Gasteiger partial charge in [-0.3, -0.25) is 4.98 Å². The highest BCUT2D eigenvalue weighted by Crippen LogP contribution is 2.36. The molecule has 41 heavy (non-hydrogen) atoms. The Bertz CT molecular complexity index is 1590. The zero-order valence-electron chi connectivity index (χ0n) is 24.2. The summed E-state index contributed by atoms with van der Waals surface area (Å²) in [6.45, 7) is 10.4. The summed E-state index contributed by atoms with van der Waals surface area (Å²) in [4.78, 5) is 20.6. The van der Waals surface area contributed by atoms with Gasteiger partial charge < -0.3 is 24.8 Å². The Hall–Kier alpha value is -3.28. The van der Waals surface area contributed by atoms with Crippen LogP contribution in [0.1, 0.15) is 33.6 Å². The topological polar surface area (TPSA) is 82.2 Å². The first-order valence-corrected chi connectivity index (χ1v) is 14.6. The number of aromatic nitrogens is 4. The van der Waals surface area contributed by atoms with Crippen molar-refractivity contribution in [2.45, 2.75) is 45.7 Å². The van der Waals surface area contributed by atoms with Crippen LogP contribution < -0.4 is 15.0 Å². The SMILES string of the molecule is CC.CC1CN(C)C1.COc1nc(N2CC3CCC(C2)N3)c2cnc(-c3[nH]c(=S)cc4cccc(F)c34)c(F)c2n1. The summed E-state index contributed by atoms with van der Waals surface area (Å²) >= 11 is 5.30. The van der Waals surface area contributed by atoms with Crippen LogP contribution in [-0.2, 0) is 0 Å². The van der Waals surface area contributed by atoms with Crippen molar-refractivity contribution in [2.24, 2.45) is 5.92 Å². The molecule has 218 valence electrons. The van der Waals surface area contributed by atoms with Crippen molar-refractivity contribution in [3.63, 3.8) is 0 Å². The van der Waals surface area contributed by atoms with Crippen LogP contribution in [-0.4, -0.2) is 77.3 Å². The quantitative estimate of drug-likeness (QED) is 0.297. The maximum Gasteiger partial charge on any atom is 0.318 e. The first kappa shape index (κ1) is 29.2. The van der Waals surface area contributed by atoms with Crippen LogP contribution in [0.5, 0.6) is 6.01 Å². The lowest BCUT2D eigenvalue weighted by Gasteiger charge is -2.34. The Morgan fingerprint density at radius 1 is 1.05 bits per heavy atom. The van der Waals surface area contributed by atoms with Crippen LogP contribution in [0.15, 0.2) is 30.5 Å². The number of rotatable bonds is 3. The summed E-state index contributed by atoms with van der Waals surface area (Å²) in [6, 6.07) is 7.09. The number of hydrogen-bond donors (Lipinski definition) is 2. The van der Waals surface area contributed by atoms with E-state index in [2.05, 4.69) is 49.0 Å². The number of H-pyrrole nitrogens is 1. The van der Waals surface area contributed by atoms with Crippen LogP contribution in [0.3, 0.4) is 0 Å². The van der Waals surface area contributed by atoms with Gasteiger partial charge in [-0.25, -0.2) is 8.78 Å². The Labute approximate surface area is 244 Å². The lowest BCUT2D eigenvalue weighted by molar-refractivity contribution is 0.149. The van der Waals surface area contributed by atoms with Crippen molar-refractivity contribution in [3.8, 4) is 17.4 Å². The highest BCUT2D eigenvalue weighted by molar-refractivity contribution is 7.71. The second kappa shape index (κ2) is 12.3. The van der Waals surface area contributed by atoms with Crippen molar-refractivity contribution in [1.82, 2.24) is 30.2 Å². The summed E-state index contributed by atoms with van der Waals surface area (Å²) in [6.07, 6.45) is 3.75. The number of halogens is 2. The van der Waals surface area contributed by atoms with Gasteiger partial charge in [0.25, 0.3) is 0 Å². The number of ether oxygens (including phenoxy) is 1. The van der Waals surface area contributed by atoms with Gasteiger partial charge in [0.05, 0.1) is 18.2 Å². The van der Waals surface area contributed by atoms with E-state index in [1.807, 2.05) is 13.8 Å². The zero-order valence-corrected chi connectivity index (χ0v) is 25.0. The maximum absolute atomic E-state index is 16.0. The first-order chi connectivity index (χ1) is 19.8. The molecule has 2 bridgehead atoms. The Morgan fingerprint density at radius 2 is 1.76 bits per heavy atom. The van der Waals surface area contributed by atoms with Gasteiger partial charge in [0.15, 0.2) is 5.82 Å². The summed E-state index contributed by atoms with van der Waals surface area (Å²) in [5.74, 6) is 0.376. The molecule has 0 saturated carbocycles. The fourth-order valence-electron chi connectivity index (χ4n) is 5.97. The number of nitrogens with zero attached hydrogens (tertiary/aromatic N) is 5. The molecule has 7 rings (SSSR count). The molecule has 0 amide bonds. The van der Waals surface area contributed by atoms with E-state index in [4.69, 9.17) is 17.0 Å². The average Bonchev–Trinajstić information content (AvgIpc) is 3.30. The van der Waals surface area contributed by atoms with Crippen molar-refractivity contribution in [2.75, 3.05) is 45.2 Å². The average molecular weight is 582 g/mol. The fraction of sp³-hybridized carbons (Fsp3) is 0.467. The molecule has 8 nitrogen and oxygen atoms in total. The third-order valence-corrected chi connectivity index (χ3v) is 7.88. The molecule has 1 aromatic carbocycles. The van der Waals surface area contributed by atoms with Crippen LogP contribution in [0.25, 0.3) is 33.1 Å². The number of hydrogen-bond acceptors (Lipinski definition) is 8. The fourth-order valence-corrected chi connectivity index (χ4v) is 6.20. The van der Waals surface area contributed by atoms with Gasteiger partial charge in [0.2, 0.25) is 0 Å². The van der Waals surface area contributed by atoms with Crippen LogP contribution >= 0.6 is 12.2 Å². The van der Waals surface area contributed by atoms with Gasteiger partial charge in [0, 0.05) is 49.8 Å². The van der Waals surface area contributed by atoms with E-state index in [1.54, 1.807) is 24.4 Å². The Kier molecular flexibility index (Phi) is 8.77. The molecular formula is C30H37F2N7OS. The minimum atomic E-state index is -0.686. The molecule has 2 N–H and O–H groups in total. The van der Waals surface area contributed by atoms with E-state index < -0.39 is 11.6 Å². The van der Waals surface area contributed by atoms with Crippen LogP contribution in [0.4, 0.5) is 14.6 Å². The normalized spacial score (nSPS) is 20.2. The predicted octanol–water partition coefficient (Wildman–Crippen LogP) is 5.72. The molecule has 4 aromatic rings. The van der Waals surface area contributed by atoms with E-state index in [9.17, 15) is 4.39 Å². The Morgan fingerprint density at radius 3 is 2.37 bits per heavy atom. The zero-order chi connectivity index (χ0) is 29.3. The number of pyridine rings is 2. The summed E-state index contributed by atoms with van der Waals surface area (Å²) in [5.41, 5.74) is 0.186. The van der Waals surface area contributed by atoms with Gasteiger partial charge in [-0.05, 0) is 43.3 Å². The second-order valence-corrected chi connectivity index (χ2v) is 11.2. The number of aromatic amines is 1. The third kappa shape index (κ3) is 5.89. The molecule has 3 saturated heterocycles. The minimum Gasteiger partial charge on any atom is -0.467 e. The molecule has 3 aliphatic heterocycles. The van der Waals surface area contributed by atoms with Crippen molar-refractivity contribution in [3.05, 3.63) is 46.7 Å². The number of nitrogens with one attached hydrogen (secondary N) is 2. The van der Waals surface area contributed by atoms with Crippen LogP contribution in [0.2, 0.25) is 0 Å². The number of fused-ring (bicyclic) bond motifs is 4. The molecule has 3 aliphatic rings. The largest absolute Gasteiger partial charge is 0.467 e. The molecule has 2 unspecified atom stereocenters.